The fourth-order valence-corrected chi connectivity index (χ4v) is 3.00. The Bertz CT molecular complexity index is 1080. The van der Waals surface area contributed by atoms with E-state index in [9.17, 15) is 0 Å². The van der Waals surface area contributed by atoms with E-state index < -0.39 is 0 Å². The molecule has 0 amide bonds. The van der Waals surface area contributed by atoms with Gasteiger partial charge in [-0.3, -0.25) is 0 Å². The molecule has 0 N–H and O–H groups in total. The first-order valence-corrected chi connectivity index (χ1v) is 8.81. The van der Waals surface area contributed by atoms with E-state index in [1.54, 1.807) is 24.3 Å². The van der Waals surface area contributed by atoms with Crippen molar-refractivity contribution in [3.05, 3.63) is 109 Å². The molecule has 4 heteroatoms. The quantitative estimate of drug-likeness (QED) is 0.524. The van der Waals surface area contributed by atoms with Gasteiger partial charge in [0.1, 0.15) is 0 Å². The Kier molecular flexibility index (Phi) is 4.61. The summed E-state index contributed by atoms with van der Waals surface area (Å²) in [4.78, 5) is 0. The number of aromatic nitrogens is 2. The zero-order valence-corrected chi connectivity index (χ0v) is 15.0. The van der Waals surface area contributed by atoms with Gasteiger partial charge >= 0.3 is 0 Å². The Morgan fingerprint density at radius 3 is 1.07 bits per heavy atom. The lowest BCUT2D eigenvalue weighted by Gasteiger charge is -2.03. The third-order valence-electron chi connectivity index (χ3n) is 4.58. The molecule has 0 aliphatic heterocycles. The zero-order chi connectivity index (χ0) is 19.3. The van der Waals surface area contributed by atoms with E-state index in [4.69, 9.17) is 10.5 Å². The van der Waals surface area contributed by atoms with E-state index >= 15 is 0 Å². The number of nitriles is 2. The molecule has 0 aliphatic carbocycles. The monoisotopic (exact) mass is 360 g/mol. The van der Waals surface area contributed by atoms with Crippen LogP contribution in [-0.4, -0.2) is 0 Å². The highest BCUT2D eigenvalue weighted by Gasteiger charge is 2.09. The Labute approximate surface area is 163 Å². The molecule has 0 unspecified atom stereocenters. The maximum Gasteiger partial charge on any atom is 0.210 e. The maximum absolute atomic E-state index is 8.90. The molecule has 2 aromatic carbocycles. The van der Waals surface area contributed by atoms with Gasteiger partial charge in [-0.15, -0.1) is 0 Å². The predicted molar refractivity (Wildman–Crippen MR) is 104 cm³/mol. The van der Waals surface area contributed by atoms with Crippen LogP contribution in [0, 0.1) is 22.7 Å². The van der Waals surface area contributed by atoms with Crippen molar-refractivity contribution in [1.29, 1.82) is 10.5 Å². The molecule has 28 heavy (non-hydrogen) atoms. The summed E-state index contributed by atoms with van der Waals surface area (Å²) in [5.74, 6) is 0. The van der Waals surface area contributed by atoms with Crippen LogP contribution in [0.5, 0.6) is 0 Å². The molecule has 4 aromatic rings. The summed E-state index contributed by atoms with van der Waals surface area (Å²) >= 11 is 0. The van der Waals surface area contributed by atoms with Gasteiger partial charge < -0.3 is 0 Å². The molecule has 2 heterocycles. The highest BCUT2D eigenvalue weighted by atomic mass is 14.9. The SMILES string of the molecule is N#Cc1cc[n+](-c2ccc(-c3ccc(-[n+]4ccc(C#N)cc4)cc3)cc2)cc1. The van der Waals surface area contributed by atoms with Crippen molar-refractivity contribution in [3.8, 4) is 34.6 Å². The second-order valence-electron chi connectivity index (χ2n) is 6.31. The summed E-state index contributed by atoms with van der Waals surface area (Å²) in [5, 5.41) is 17.8. The van der Waals surface area contributed by atoms with Crippen LogP contribution in [0.25, 0.3) is 22.5 Å². The largest absolute Gasteiger partial charge is 0.210 e. The summed E-state index contributed by atoms with van der Waals surface area (Å²) in [7, 11) is 0. The first-order valence-electron chi connectivity index (χ1n) is 8.81. The predicted octanol–water partition coefficient (Wildman–Crippen LogP) is 3.65. The van der Waals surface area contributed by atoms with Gasteiger partial charge in [0.15, 0.2) is 24.8 Å². The van der Waals surface area contributed by atoms with Gasteiger partial charge in [-0.1, -0.05) is 0 Å². The van der Waals surface area contributed by atoms with Gasteiger partial charge in [0.2, 0.25) is 11.4 Å². The lowest BCUT2D eigenvalue weighted by molar-refractivity contribution is -0.596. The third kappa shape index (κ3) is 3.49. The van der Waals surface area contributed by atoms with Crippen molar-refractivity contribution in [2.24, 2.45) is 0 Å². The number of benzene rings is 2. The standard InChI is InChI=1S/C24H16N4/c25-17-19-9-13-27(14-10-19)23-5-1-21(2-6-23)22-3-7-24(8-4-22)28-15-11-20(18-26)12-16-28/h1-16H/q+2. The minimum absolute atomic E-state index is 0.646. The fourth-order valence-electron chi connectivity index (χ4n) is 3.00. The molecule has 2 aromatic heterocycles. The molecular formula is C24H16N4+2. The van der Waals surface area contributed by atoms with Gasteiger partial charge in [0.05, 0.1) is 23.3 Å². The molecule has 0 saturated heterocycles. The van der Waals surface area contributed by atoms with Gasteiger partial charge in [-0.2, -0.15) is 19.7 Å². The first kappa shape index (κ1) is 17.1. The second kappa shape index (κ2) is 7.53. The number of hydrogen-bond donors (Lipinski definition) is 0. The van der Waals surface area contributed by atoms with E-state index in [2.05, 4.69) is 60.7 Å². The number of nitrogens with zero attached hydrogens (tertiary/aromatic N) is 4. The topological polar surface area (TPSA) is 55.3 Å². The molecular weight excluding hydrogens is 344 g/mol. The van der Waals surface area contributed by atoms with Crippen molar-refractivity contribution in [1.82, 2.24) is 0 Å². The molecule has 0 atom stereocenters. The lowest BCUT2D eigenvalue weighted by Crippen LogP contribution is -2.29. The Balaban J connectivity index is 1.55. The second-order valence-corrected chi connectivity index (χ2v) is 6.31. The lowest BCUT2D eigenvalue weighted by atomic mass is 10.0. The molecule has 0 spiro atoms. The van der Waals surface area contributed by atoms with Crippen LogP contribution in [0.15, 0.2) is 97.6 Å². The Hall–Kier alpha value is -4.28. The maximum atomic E-state index is 8.90. The molecule has 0 radical (unpaired) electrons. The van der Waals surface area contributed by atoms with Crippen molar-refractivity contribution in [2.45, 2.75) is 0 Å². The van der Waals surface area contributed by atoms with E-state index in [1.807, 2.05) is 33.9 Å². The summed E-state index contributed by atoms with van der Waals surface area (Å²) in [5.41, 5.74) is 5.64. The summed E-state index contributed by atoms with van der Waals surface area (Å²) in [6, 6.07) is 28.0. The van der Waals surface area contributed by atoms with E-state index in [1.165, 1.54) is 0 Å². The molecule has 0 saturated carbocycles. The van der Waals surface area contributed by atoms with Gasteiger partial charge in [0, 0.05) is 48.5 Å². The zero-order valence-electron chi connectivity index (χ0n) is 15.0. The van der Waals surface area contributed by atoms with Crippen LogP contribution < -0.4 is 9.13 Å². The average molecular weight is 360 g/mol. The highest BCUT2D eigenvalue weighted by Crippen LogP contribution is 2.20. The minimum atomic E-state index is 0.646. The average Bonchev–Trinajstić information content (AvgIpc) is 2.79. The summed E-state index contributed by atoms with van der Waals surface area (Å²) in [6.45, 7) is 0. The highest BCUT2D eigenvalue weighted by molar-refractivity contribution is 5.64. The Morgan fingerprint density at radius 1 is 0.464 bits per heavy atom. The van der Waals surface area contributed by atoms with Gasteiger partial charge in [0.25, 0.3) is 0 Å². The van der Waals surface area contributed by atoms with Crippen LogP contribution in [-0.2, 0) is 0 Å². The summed E-state index contributed by atoms with van der Waals surface area (Å²) < 4.78 is 3.96. The van der Waals surface area contributed by atoms with Crippen LogP contribution in [0.3, 0.4) is 0 Å². The van der Waals surface area contributed by atoms with Crippen molar-refractivity contribution in [2.75, 3.05) is 0 Å². The van der Waals surface area contributed by atoms with Crippen LogP contribution in [0.1, 0.15) is 11.1 Å². The molecule has 0 aliphatic rings. The van der Waals surface area contributed by atoms with Crippen molar-refractivity contribution in [3.63, 3.8) is 0 Å². The smallest absolute Gasteiger partial charge is 0.192 e. The number of rotatable bonds is 3. The molecule has 0 bridgehead atoms. The van der Waals surface area contributed by atoms with E-state index in [0.29, 0.717) is 11.1 Å². The van der Waals surface area contributed by atoms with Gasteiger partial charge in [-0.25, -0.2) is 0 Å². The third-order valence-corrected chi connectivity index (χ3v) is 4.58. The van der Waals surface area contributed by atoms with Crippen LogP contribution >= 0.6 is 0 Å². The van der Waals surface area contributed by atoms with E-state index in [0.717, 1.165) is 22.5 Å². The Morgan fingerprint density at radius 2 is 0.786 bits per heavy atom. The fraction of sp³-hybridized carbons (Fsp3) is 0. The van der Waals surface area contributed by atoms with Crippen molar-refractivity contribution < 1.29 is 9.13 Å². The molecule has 130 valence electrons. The minimum Gasteiger partial charge on any atom is -0.192 e. The normalized spacial score (nSPS) is 10.1. The first-order chi connectivity index (χ1) is 13.8. The van der Waals surface area contributed by atoms with Crippen molar-refractivity contribution >= 4 is 0 Å². The van der Waals surface area contributed by atoms with E-state index in [-0.39, 0.29) is 0 Å². The molecule has 4 nitrogen and oxygen atoms in total. The van der Waals surface area contributed by atoms with Crippen LogP contribution in [0.4, 0.5) is 0 Å². The molecule has 4 rings (SSSR count). The van der Waals surface area contributed by atoms with Crippen LogP contribution in [0.2, 0.25) is 0 Å². The number of pyridine rings is 2. The number of hydrogen-bond acceptors (Lipinski definition) is 2. The van der Waals surface area contributed by atoms with Gasteiger partial charge in [-0.05, 0) is 35.4 Å². The molecule has 0 fully saturated rings. The summed E-state index contributed by atoms with van der Waals surface area (Å²) in [6.07, 6.45) is 7.54.